The summed E-state index contributed by atoms with van der Waals surface area (Å²) in [5.41, 5.74) is 0.993. The molecule has 0 radical (unpaired) electrons. The van der Waals surface area contributed by atoms with E-state index in [0.29, 0.717) is 23.2 Å². The Labute approximate surface area is 133 Å². The highest BCUT2D eigenvalue weighted by Gasteiger charge is 2.10. The van der Waals surface area contributed by atoms with Crippen LogP contribution >= 0.6 is 34.5 Å². The van der Waals surface area contributed by atoms with E-state index >= 15 is 0 Å². The van der Waals surface area contributed by atoms with Gasteiger partial charge in [-0.25, -0.2) is 0 Å². The lowest BCUT2D eigenvalue weighted by atomic mass is 10.2. The van der Waals surface area contributed by atoms with Crippen molar-refractivity contribution < 1.29 is 4.74 Å². The highest BCUT2D eigenvalue weighted by atomic mass is 35.5. The molecule has 0 bridgehead atoms. The number of nitrogens with one attached hydrogen (secondary N) is 1. The first-order valence-corrected chi connectivity index (χ1v) is 8.18. The van der Waals surface area contributed by atoms with Gasteiger partial charge in [-0.3, -0.25) is 0 Å². The van der Waals surface area contributed by atoms with Gasteiger partial charge in [0, 0.05) is 28.6 Å². The fraction of sp³-hybridized carbons (Fsp3) is 0.333. The van der Waals surface area contributed by atoms with Gasteiger partial charge in [0.05, 0.1) is 11.6 Å². The summed E-state index contributed by atoms with van der Waals surface area (Å²) < 4.78 is 5.73. The molecule has 1 aromatic carbocycles. The van der Waals surface area contributed by atoms with E-state index in [2.05, 4.69) is 23.7 Å². The number of thiophene rings is 1. The predicted octanol–water partition coefficient (Wildman–Crippen LogP) is 5.13. The van der Waals surface area contributed by atoms with Crippen molar-refractivity contribution in [2.24, 2.45) is 0 Å². The molecule has 0 atom stereocenters. The first-order chi connectivity index (χ1) is 9.70. The summed E-state index contributed by atoms with van der Waals surface area (Å²) in [6, 6.07) is 7.78. The average molecular weight is 330 g/mol. The maximum Gasteiger partial charge on any atom is 0.142 e. The Kier molecular flexibility index (Phi) is 6.17. The molecule has 1 aromatic heterocycles. The van der Waals surface area contributed by atoms with E-state index in [4.69, 9.17) is 27.9 Å². The van der Waals surface area contributed by atoms with Gasteiger partial charge in [-0.15, -0.1) is 11.3 Å². The molecule has 0 saturated carbocycles. The van der Waals surface area contributed by atoms with Crippen LogP contribution in [0.4, 0.5) is 0 Å². The third-order valence-electron chi connectivity index (χ3n) is 2.73. The zero-order valence-electron chi connectivity index (χ0n) is 11.3. The Morgan fingerprint density at radius 3 is 2.80 bits per heavy atom. The Balaban J connectivity index is 2.04. The summed E-state index contributed by atoms with van der Waals surface area (Å²) >= 11 is 14.0. The van der Waals surface area contributed by atoms with Crippen LogP contribution in [0.15, 0.2) is 29.6 Å². The largest absolute Gasteiger partial charge is 0.492 e. The number of hydrogen-bond acceptors (Lipinski definition) is 3. The van der Waals surface area contributed by atoms with E-state index in [1.165, 1.54) is 4.88 Å². The first-order valence-electron chi connectivity index (χ1n) is 6.54. The second kappa shape index (κ2) is 7.89. The molecule has 1 heterocycles. The van der Waals surface area contributed by atoms with Crippen molar-refractivity contribution in [1.82, 2.24) is 5.32 Å². The zero-order valence-corrected chi connectivity index (χ0v) is 13.6. The Morgan fingerprint density at radius 1 is 1.25 bits per heavy atom. The van der Waals surface area contributed by atoms with Gasteiger partial charge in [0.25, 0.3) is 0 Å². The first kappa shape index (κ1) is 15.6. The molecular formula is C15H17Cl2NOS. The molecule has 0 aliphatic rings. The van der Waals surface area contributed by atoms with E-state index in [9.17, 15) is 0 Å². The third kappa shape index (κ3) is 4.38. The molecule has 0 saturated heterocycles. The Morgan fingerprint density at radius 2 is 2.10 bits per heavy atom. The predicted molar refractivity (Wildman–Crippen MR) is 87.1 cm³/mol. The minimum Gasteiger partial charge on any atom is -0.492 e. The van der Waals surface area contributed by atoms with E-state index in [-0.39, 0.29) is 0 Å². The van der Waals surface area contributed by atoms with Gasteiger partial charge in [0.1, 0.15) is 5.75 Å². The van der Waals surface area contributed by atoms with Crippen molar-refractivity contribution in [3.05, 3.63) is 50.1 Å². The van der Waals surface area contributed by atoms with Crippen LogP contribution in [-0.2, 0) is 13.1 Å². The second-order valence-corrected chi connectivity index (χ2v) is 6.28. The van der Waals surface area contributed by atoms with E-state index in [1.54, 1.807) is 17.4 Å². The van der Waals surface area contributed by atoms with Gasteiger partial charge >= 0.3 is 0 Å². The summed E-state index contributed by atoms with van der Waals surface area (Å²) in [4.78, 5) is 1.30. The molecule has 0 aliphatic carbocycles. The fourth-order valence-electron chi connectivity index (χ4n) is 1.84. The standard InChI is InChI=1S/C15H17Cl2NOS/c1-2-5-19-15-11(7-12(16)8-14(15)17)9-18-10-13-4-3-6-20-13/h3-4,6-8,18H,2,5,9-10H2,1H3. The normalized spacial score (nSPS) is 10.8. The number of halogens is 2. The van der Waals surface area contributed by atoms with Crippen LogP contribution in [-0.4, -0.2) is 6.61 Å². The smallest absolute Gasteiger partial charge is 0.142 e. The van der Waals surface area contributed by atoms with Gasteiger partial charge in [-0.1, -0.05) is 36.2 Å². The summed E-state index contributed by atoms with van der Waals surface area (Å²) in [6.07, 6.45) is 0.945. The maximum absolute atomic E-state index is 6.21. The Bertz CT molecular complexity index is 543. The van der Waals surface area contributed by atoms with Gasteiger partial charge in [0.2, 0.25) is 0 Å². The lowest BCUT2D eigenvalue weighted by molar-refractivity contribution is 0.313. The van der Waals surface area contributed by atoms with Crippen LogP contribution in [0.1, 0.15) is 23.8 Å². The summed E-state index contributed by atoms with van der Waals surface area (Å²) in [5, 5.41) is 6.66. The lowest BCUT2D eigenvalue weighted by Crippen LogP contribution is -2.13. The van der Waals surface area contributed by atoms with Crippen molar-refractivity contribution >= 4 is 34.5 Å². The van der Waals surface area contributed by atoms with Crippen LogP contribution in [0.5, 0.6) is 5.75 Å². The van der Waals surface area contributed by atoms with Gasteiger partial charge in [0.15, 0.2) is 0 Å². The molecule has 5 heteroatoms. The number of benzene rings is 1. The van der Waals surface area contributed by atoms with Crippen LogP contribution in [0.25, 0.3) is 0 Å². The van der Waals surface area contributed by atoms with Gasteiger partial charge in [-0.2, -0.15) is 0 Å². The van der Waals surface area contributed by atoms with Gasteiger partial charge in [-0.05, 0) is 30.0 Å². The summed E-state index contributed by atoms with van der Waals surface area (Å²) in [7, 11) is 0. The molecule has 0 amide bonds. The molecule has 0 spiro atoms. The third-order valence-corrected chi connectivity index (χ3v) is 4.11. The summed E-state index contributed by atoms with van der Waals surface area (Å²) in [5.74, 6) is 0.733. The number of rotatable bonds is 7. The maximum atomic E-state index is 6.21. The Hall–Kier alpha value is -0.740. The van der Waals surface area contributed by atoms with Crippen LogP contribution in [0, 0.1) is 0 Å². The second-order valence-electron chi connectivity index (χ2n) is 4.41. The molecular weight excluding hydrogens is 313 g/mol. The molecule has 2 rings (SSSR count). The topological polar surface area (TPSA) is 21.3 Å². The summed E-state index contributed by atoms with van der Waals surface area (Å²) in [6.45, 7) is 4.23. The van der Waals surface area contributed by atoms with E-state index < -0.39 is 0 Å². The van der Waals surface area contributed by atoms with Gasteiger partial charge < -0.3 is 10.1 Å². The van der Waals surface area contributed by atoms with Crippen molar-refractivity contribution in [2.75, 3.05) is 6.61 Å². The average Bonchev–Trinajstić information content (AvgIpc) is 2.91. The number of ether oxygens (including phenoxy) is 1. The minimum absolute atomic E-state index is 0.568. The number of hydrogen-bond donors (Lipinski definition) is 1. The highest BCUT2D eigenvalue weighted by molar-refractivity contribution is 7.09. The molecule has 20 heavy (non-hydrogen) atoms. The highest BCUT2D eigenvalue weighted by Crippen LogP contribution is 2.32. The lowest BCUT2D eigenvalue weighted by Gasteiger charge is -2.14. The van der Waals surface area contributed by atoms with Crippen molar-refractivity contribution in [3.63, 3.8) is 0 Å². The van der Waals surface area contributed by atoms with E-state index in [0.717, 1.165) is 24.3 Å². The molecule has 0 unspecified atom stereocenters. The van der Waals surface area contributed by atoms with Crippen LogP contribution < -0.4 is 10.1 Å². The molecule has 108 valence electrons. The zero-order chi connectivity index (χ0) is 14.4. The molecule has 1 N–H and O–H groups in total. The monoisotopic (exact) mass is 329 g/mol. The van der Waals surface area contributed by atoms with Crippen molar-refractivity contribution in [3.8, 4) is 5.75 Å². The molecule has 0 fully saturated rings. The SMILES string of the molecule is CCCOc1c(Cl)cc(Cl)cc1CNCc1cccs1. The van der Waals surface area contributed by atoms with Crippen molar-refractivity contribution in [1.29, 1.82) is 0 Å². The molecule has 2 nitrogen and oxygen atoms in total. The van der Waals surface area contributed by atoms with Crippen LogP contribution in [0.2, 0.25) is 10.0 Å². The fourth-order valence-corrected chi connectivity index (χ4v) is 3.11. The van der Waals surface area contributed by atoms with E-state index in [1.807, 2.05) is 12.1 Å². The quantitative estimate of drug-likeness (QED) is 0.759. The molecule has 0 aliphatic heterocycles. The van der Waals surface area contributed by atoms with Crippen molar-refractivity contribution in [2.45, 2.75) is 26.4 Å². The van der Waals surface area contributed by atoms with Crippen LogP contribution in [0.3, 0.4) is 0 Å². The molecule has 2 aromatic rings. The minimum atomic E-state index is 0.568.